The van der Waals surface area contributed by atoms with Crippen LogP contribution >= 0.6 is 34.3 Å². The number of thiazole rings is 2. The lowest BCUT2D eigenvalue weighted by molar-refractivity contribution is -0.111. The van der Waals surface area contributed by atoms with Crippen LogP contribution in [0.3, 0.4) is 0 Å². The average molecular weight is 322 g/mol. The largest absolute Gasteiger partial charge is 0.298 e. The second-order valence-electron chi connectivity index (χ2n) is 3.83. The summed E-state index contributed by atoms with van der Waals surface area (Å²) in [4.78, 5) is 21.0. The minimum atomic E-state index is -0.228. The number of fused-ring (bicyclic) bond motifs is 1. The van der Waals surface area contributed by atoms with Crippen molar-refractivity contribution in [1.82, 2.24) is 9.97 Å². The molecule has 1 N–H and O–H groups in total. The molecule has 0 fully saturated rings. The highest BCUT2D eigenvalue weighted by atomic mass is 35.5. The van der Waals surface area contributed by atoms with E-state index in [0.29, 0.717) is 15.7 Å². The van der Waals surface area contributed by atoms with Gasteiger partial charge < -0.3 is 0 Å². The van der Waals surface area contributed by atoms with Gasteiger partial charge in [0.05, 0.1) is 15.2 Å². The molecule has 100 valence electrons. The standard InChI is InChI=1S/C13H8ClN3OS2/c14-9-2-1-3-10-12(9)17-13(20-10)16-11(18)5-4-8-6-15-7-19-8/h1-7H,(H,16,17,18)/b5-4+. The quantitative estimate of drug-likeness (QED) is 0.740. The number of benzene rings is 1. The Hall–Kier alpha value is -1.76. The van der Waals surface area contributed by atoms with Crippen LogP contribution in [0.2, 0.25) is 5.02 Å². The van der Waals surface area contributed by atoms with E-state index in [1.165, 1.54) is 28.7 Å². The van der Waals surface area contributed by atoms with Gasteiger partial charge >= 0.3 is 0 Å². The molecule has 0 unspecified atom stereocenters. The number of nitrogens with zero attached hydrogens (tertiary/aromatic N) is 2. The van der Waals surface area contributed by atoms with Crippen molar-refractivity contribution >= 4 is 61.6 Å². The zero-order valence-corrected chi connectivity index (χ0v) is 12.4. The van der Waals surface area contributed by atoms with Crippen LogP contribution in [-0.4, -0.2) is 15.9 Å². The number of anilines is 1. The van der Waals surface area contributed by atoms with Crippen LogP contribution < -0.4 is 5.32 Å². The molecule has 0 spiro atoms. The number of nitrogens with one attached hydrogen (secondary N) is 1. The lowest BCUT2D eigenvalue weighted by atomic mass is 10.3. The molecular weight excluding hydrogens is 314 g/mol. The Morgan fingerprint density at radius 2 is 2.30 bits per heavy atom. The first-order valence-corrected chi connectivity index (χ1v) is 7.72. The van der Waals surface area contributed by atoms with Gasteiger partial charge in [0.2, 0.25) is 5.91 Å². The van der Waals surface area contributed by atoms with Crippen molar-refractivity contribution < 1.29 is 4.79 Å². The predicted molar refractivity (Wildman–Crippen MR) is 84.4 cm³/mol. The second kappa shape index (κ2) is 5.70. The van der Waals surface area contributed by atoms with Crippen LogP contribution in [0.4, 0.5) is 5.13 Å². The number of halogens is 1. The fourth-order valence-electron chi connectivity index (χ4n) is 1.58. The van der Waals surface area contributed by atoms with Crippen molar-refractivity contribution in [1.29, 1.82) is 0 Å². The van der Waals surface area contributed by atoms with Gasteiger partial charge in [-0.05, 0) is 18.2 Å². The van der Waals surface area contributed by atoms with E-state index in [-0.39, 0.29) is 5.91 Å². The van der Waals surface area contributed by atoms with Gasteiger partial charge in [-0.15, -0.1) is 11.3 Å². The van der Waals surface area contributed by atoms with Gasteiger partial charge in [-0.2, -0.15) is 0 Å². The van der Waals surface area contributed by atoms with E-state index in [1.807, 2.05) is 12.1 Å². The van der Waals surface area contributed by atoms with Gasteiger partial charge in [-0.3, -0.25) is 15.1 Å². The smallest absolute Gasteiger partial charge is 0.250 e. The highest BCUT2D eigenvalue weighted by Gasteiger charge is 2.08. The molecule has 0 aliphatic heterocycles. The van der Waals surface area contributed by atoms with E-state index in [4.69, 9.17) is 11.6 Å². The Balaban J connectivity index is 1.76. The van der Waals surface area contributed by atoms with E-state index in [0.717, 1.165) is 9.58 Å². The molecule has 0 radical (unpaired) electrons. The normalized spacial score (nSPS) is 11.2. The zero-order chi connectivity index (χ0) is 13.9. The molecule has 0 bridgehead atoms. The van der Waals surface area contributed by atoms with Crippen LogP contribution in [0.25, 0.3) is 16.3 Å². The first-order chi connectivity index (χ1) is 9.72. The molecule has 4 nitrogen and oxygen atoms in total. The Morgan fingerprint density at radius 1 is 1.40 bits per heavy atom. The molecule has 0 atom stereocenters. The topological polar surface area (TPSA) is 54.9 Å². The van der Waals surface area contributed by atoms with E-state index in [1.54, 1.807) is 23.8 Å². The summed E-state index contributed by atoms with van der Waals surface area (Å²) in [5.41, 5.74) is 2.42. The van der Waals surface area contributed by atoms with Gasteiger partial charge in [0.1, 0.15) is 5.52 Å². The average Bonchev–Trinajstić information content (AvgIpc) is 3.05. The number of amides is 1. The van der Waals surface area contributed by atoms with E-state index >= 15 is 0 Å². The molecule has 1 amide bonds. The highest BCUT2D eigenvalue weighted by molar-refractivity contribution is 7.22. The number of carbonyl (C=O) groups excluding carboxylic acids is 1. The fraction of sp³-hybridized carbons (Fsp3) is 0. The molecule has 0 saturated heterocycles. The van der Waals surface area contributed by atoms with Crippen molar-refractivity contribution in [3.63, 3.8) is 0 Å². The van der Waals surface area contributed by atoms with Crippen molar-refractivity contribution in [2.24, 2.45) is 0 Å². The van der Waals surface area contributed by atoms with Gasteiger partial charge in [0.25, 0.3) is 0 Å². The van der Waals surface area contributed by atoms with Crippen LogP contribution in [-0.2, 0) is 4.79 Å². The van der Waals surface area contributed by atoms with Crippen LogP contribution in [0.15, 0.2) is 36.0 Å². The highest BCUT2D eigenvalue weighted by Crippen LogP contribution is 2.30. The third-order valence-corrected chi connectivity index (χ3v) is 4.43. The van der Waals surface area contributed by atoms with Crippen LogP contribution in [0.1, 0.15) is 4.88 Å². The first kappa shape index (κ1) is 13.2. The molecule has 2 aromatic heterocycles. The Bertz CT molecular complexity index is 780. The summed E-state index contributed by atoms with van der Waals surface area (Å²) in [6, 6.07) is 5.55. The van der Waals surface area contributed by atoms with Gasteiger partial charge in [-0.1, -0.05) is 29.0 Å². The summed E-state index contributed by atoms with van der Waals surface area (Å²) in [6.07, 6.45) is 4.88. The van der Waals surface area contributed by atoms with Crippen LogP contribution in [0.5, 0.6) is 0 Å². The molecule has 2 heterocycles. The van der Waals surface area contributed by atoms with Crippen molar-refractivity contribution in [3.05, 3.63) is 45.9 Å². The SMILES string of the molecule is O=C(/C=C/c1cncs1)Nc1nc2c(Cl)cccc2s1. The molecule has 0 aliphatic rings. The van der Waals surface area contributed by atoms with Crippen molar-refractivity contribution in [3.8, 4) is 0 Å². The number of para-hydroxylation sites is 1. The Labute approximate surface area is 127 Å². The Kier molecular flexibility index (Phi) is 3.77. The first-order valence-electron chi connectivity index (χ1n) is 5.65. The maximum absolute atomic E-state index is 11.8. The van der Waals surface area contributed by atoms with Crippen molar-refractivity contribution in [2.45, 2.75) is 0 Å². The predicted octanol–water partition coefficient (Wildman–Crippen LogP) is 4.06. The molecular formula is C13H8ClN3OS2. The maximum Gasteiger partial charge on any atom is 0.250 e. The molecule has 1 aromatic carbocycles. The maximum atomic E-state index is 11.8. The van der Waals surface area contributed by atoms with E-state index < -0.39 is 0 Å². The van der Waals surface area contributed by atoms with Gasteiger partial charge in [-0.25, -0.2) is 4.98 Å². The molecule has 3 rings (SSSR count). The summed E-state index contributed by atoms with van der Waals surface area (Å²) in [5, 5.41) is 3.85. The Morgan fingerprint density at radius 3 is 3.05 bits per heavy atom. The van der Waals surface area contributed by atoms with Gasteiger partial charge in [0, 0.05) is 17.2 Å². The van der Waals surface area contributed by atoms with Gasteiger partial charge in [0.15, 0.2) is 5.13 Å². The fourth-order valence-corrected chi connectivity index (χ4v) is 3.26. The summed E-state index contributed by atoms with van der Waals surface area (Å²) in [5.74, 6) is -0.228. The molecule has 7 heteroatoms. The lowest BCUT2D eigenvalue weighted by Gasteiger charge is -1.94. The summed E-state index contributed by atoms with van der Waals surface area (Å²) >= 11 is 8.91. The number of hydrogen-bond donors (Lipinski definition) is 1. The summed E-state index contributed by atoms with van der Waals surface area (Å²) in [6.45, 7) is 0. The minimum absolute atomic E-state index is 0.228. The third-order valence-electron chi connectivity index (χ3n) is 2.45. The van der Waals surface area contributed by atoms with E-state index in [2.05, 4.69) is 15.3 Å². The minimum Gasteiger partial charge on any atom is -0.298 e. The number of hydrogen-bond acceptors (Lipinski definition) is 5. The van der Waals surface area contributed by atoms with Crippen LogP contribution in [0, 0.1) is 0 Å². The van der Waals surface area contributed by atoms with E-state index in [9.17, 15) is 4.79 Å². The lowest BCUT2D eigenvalue weighted by Crippen LogP contribution is -2.06. The number of rotatable bonds is 3. The monoisotopic (exact) mass is 321 g/mol. The number of aromatic nitrogens is 2. The third kappa shape index (κ3) is 2.87. The molecule has 3 aromatic rings. The molecule has 20 heavy (non-hydrogen) atoms. The molecule has 0 aliphatic carbocycles. The second-order valence-corrected chi connectivity index (χ2v) is 6.19. The zero-order valence-electron chi connectivity index (χ0n) is 10.0. The number of carbonyl (C=O) groups is 1. The summed E-state index contributed by atoms with van der Waals surface area (Å²) in [7, 11) is 0. The summed E-state index contributed by atoms with van der Waals surface area (Å²) < 4.78 is 0.944. The molecule has 0 saturated carbocycles. The van der Waals surface area contributed by atoms with Crippen molar-refractivity contribution in [2.75, 3.05) is 5.32 Å².